The summed E-state index contributed by atoms with van der Waals surface area (Å²) >= 11 is 5.22. The molecule has 2 rings (SSSR count). The van der Waals surface area contributed by atoms with E-state index >= 15 is 0 Å². The zero-order valence-corrected chi connectivity index (χ0v) is 15.1. The van der Waals surface area contributed by atoms with Crippen molar-refractivity contribution in [2.75, 3.05) is 23.3 Å². The molecule has 0 aliphatic rings. The van der Waals surface area contributed by atoms with E-state index in [2.05, 4.69) is 29.4 Å². The number of rotatable bonds is 5. The third kappa shape index (κ3) is 4.80. The summed E-state index contributed by atoms with van der Waals surface area (Å²) < 4.78 is 0. The number of thiocarbonyl (C=S) groups is 1. The average Bonchev–Trinajstić information content (AvgIpc) is 2.57. The molecule has 2 aromatic carbocycles. The van der Waals surface area contributed by atoms with Gasteiger partial charge in [-0.15, -0.1) is 0 Å². The molecule has 2 aromatic rings. The Morgan fingerprint density at radius 2 is 1.75 bits per heavy atom. The smallest absolute Gasteiger partial charge is 0.257 e. The van der Waals surface area contributed by atoms with Crippen molar-refractivity contribution in [3.05, 3.63) is 59.7 Å². The van der Waals surface area contributed by atoms with Gasteiger partial charge in [0.05, 0.1) is 0 Å². The Kier molecular flexibility index (Phi) is 6.32. The average molecular weight is 341 g/mol. The van der Waals surface area contributed by atoms with Crippen molar-refractivity contribution in [1.82, 2.24) is 5.32 Å². The zero-order valence-electron chi connectivity index (χ0n) is 14.3. The first-order valence-corrected chi connectivity index (χ1v) is 8.48. The summed E-state index contributed by atoms with van der Waals surface area (Å²) in [4.78, 5) is 14.4. The highest BCUT2D eigenvalue weighted by molar-refractivity contribution is 7.80. The maximum absolute atomic E-state index is 12.2. The molecule has 0 saturated heterocycles. The molecule has 24 heavy (non-hydrogen) atoms. The second-order valence-electron chi connectivity index (χ2n) is 5.50. The van der Waals surface area contributed by atoms with Gasteiger partial charge in [-0.2, -0.15) is 0 Å². The van der Waals surface area contributed by atoms with Crippen LogP contribution in [0.25, 0.3) is 0 Å². The predicted octanol–water partition coefficient (Wildman–Crippen LogP) is 3.97. The quantitative estimate of drug-likeness (QED) is 0.808. The molecule has 2 N–H and O–H groups in total. The molecule has 0 aliphatic heterocycles. The fraction of sp³-hybridized carbons (Fsp3) is 0.263. The first-order chi connectivity index (χ1) is 11.5. The third-order valence-electron chi connectivity index (χ3n) is 3.76. The van der Waals surface area contributed by atoms with Crippen molar-refractivity contribution in [2.24, 2.45) is 0 Å². The Balaban J connectivity index is 1.96. The number of amides is 1. The molecule has 1 amide bonds. The molecule has 5 heteroatoms. The van der Waals surface area contributed by atoms with Crippen molar-refractivity contribution < 1.29 is 4.79 Å². The van der Waals surface area contributed by atoms with Crippen molar-refractivity contribution >= 4 is 34.6 Å². The van der Waals surface area contributed by atoms with Gasteiger partial charge in [0.25, 0.3) is 5.91 Å². The summed E-state index contributed by atoms with van der Waals surface area (Å²) in [7, 11) is 0. The van der Waals surface area contributed by atoms with Gasteiger partial charge in [0, 0.05) is 30.0 Å². The minimum Gasteiger partial charge on any atom is -0.372 e. The van der Waals surface area contributed by atoms with E-state index in [1.54, 1.807) is 6.07 Å². The van der Waals surface area contributed by atoms with Crippen molar-refractivity contribution in [3.8, 4) is 0 Å². The van der Waals surface area contributed by atoms with Gasteiger partial charge in [-0.05, 0) is 69.4 Å². The highest BCUT2D eigenvalue weighted by atomic mass is 32.1. The van der Waals surface area contributed by atoms with Gasteiger partial charge in [0.15, 0.2) is 5.11 Å². The number of nitrogens with one attached hydrogen (secondary N) is 2. The van der Waals surface area contributed by atoms with E-state index in [-0.39, 0.29) is 11.0 Å². The summed E-state index contributed by atoms with van der Waals surface area (Å²) in [5, 5.41) is 6.03. The van der Waals surface area contributed by atoms with E-state index < -0.39 is 0 Å². The van der Waals surface area contributed by atoms with Crippen LogP contribution in [-0.4, -0.2) is 24.1 Å². The Bertz CT molecular complexity index is 709. The fourth-order valence-corrected chi connectivity index (χ4v) is 2.68. The highest BCUT2D eigenvalue weighted by Crippen LogP contribution is 2.17. The Labute approximate surface area is 148 Å². The van der Waals surface area contributed by atoms with Gasteiger partial charge in [0.2, 0.25) is 0 Å². The van der Waals surface area contributed by atoms with E-state index in [4.69, 9.17) is 12.2 Å². The molecular formula is C19H23N3OS. The first-order valence-electron chi connectivity index (χ1n) is 8.07. The normalized spacial score (nSPS) is 10.1. The largest absolute Gasteiger partial charge is 0.372 e. The standard InChI is InChI=1S/C19H23N3OS/c1-4-22(5-2)17-11-9-16(10-12-17)20-19(24)21-18(23)15-8-6-7-14(3)13-15/h6-13H,4-5H2,1-3H3,(H2,20,21,23,24). The van der Waals surface area contributed by atoms with Gasteiger partial charge in [-0.1, -0.05) is 17.7 Å². The summed E-state index contributed by atoms with van der Waals surface area (Å²) in [6.07, 6.45) is 0. The molecule has 0 heterocycles. The lowest BCUT2D eigenvalue weighted by molar-refractivity contribution is 0.0977. The van der Waals surface area contributed by atoms with Crippen LogP contribution in [0.5, 0.6) is 0 Å². The Morgan fingerprint density at radius 1 is 1.08 bits per heavy atom. The Morgan fingerprint density at radius 3 is 2.33 bits per heavy atom. The second kappa shape index (κ2) is 8.45. The molecule has 0 bridgehead atoms. The monoisotopic (exact) mass is 341 g/mol. The second-order valence-corrected chi connectivity index (χ2v) is 5.91. The minimum atomic E-state index is -0.212. The maximum Gasteiger partial charge on any atom is 0.257 e. The summed E-state index contributed by atoms with van der Waals surface area (Å²) in [5.74, 6) is -0.212. The number of benzene rings is 2. The van der Waals surface area contributed by atoms with E-state index in [1.165, 1.54) is 5.69 Å². The van der Waals surface area contributed by atoms with Crippen LogP contribution in [0.2, 0.25) is 0 Å². The number of hydrogen-bond acceptors (Lipinski definition) is 3. The first kappa shape index (κ1) is 17.9. The molecule has 4 nitrogen and oxygen atoms in total. The van der Waals surface area contributed by atoms with Crippen LogP contribution in [0.3, 0.4) is 0 Å². The summed E-state index contributed by atoms with van der Waals surface area (Å²) in [5.41, 5.74) is 3.64. The van der Waals surface area contributed by atoms with E-state index in [1.807, 2.05) is 49.4 Å². The number of carbonyl (C=O) groups is 1. The topological polar surface area (TPSA) is 44.4 Å². The number of carbonyl (C=O) groups excluding carboxylic acids is 1. The molecule has 0 unspecified atom stereocenters. The molecular weight excluding hydrogens is 318 g/mol. The van der Waals surface area contributed by atoms with Crippen LogP contribution in [0.1, 0.15) is 29.8 Å². The molecule has 0 radical (unpaired) electrons. The number of anilines is 2. The minimum absolute atomic E-state index is 0.212. The Hall–Kier alpha value is -2.40. The molecule has 0 saturated carbocycles. The SMILES string of the molecule is CCN(CC)c1ccc(NC(=S)NC(=O)c2cccc(C)c2)cc1. The number of hydrogen-bond donors (Lipinski definition) is 2. The molecule has 0 atom stereocenters. The van der Waals surface area contributed by atoms with Gasteiger partial charge >= 0.3 is 0 Å². The lowest BCUT2D eigenvalue weighted by Crippen LogP contribution is -2.34. The van der Waals surface area contributed by atoms with Crippen LogP contribution in [-0.2, 0) is 0 Å². The van der Waals surface area contributed by atoms with Gasteiger partial charge in [0.1, 0.15) is 0 Å². The number of nitrogens with zero attached hydrogens (tertiary/aromatic N) is 1. The van der Waals surface area contributed by atoms with Gasteiger partial charge in [-0.25, -0.2) is 0 Å². The van der Waals surface area contributed by atoms with Crippen molar-refractivity contribution in [2.45, 2.75) is 20.8 Å². The van der Waals surface area contributed by atoms with E-state index in [9.17, 15) is 4.79 Å². The number of aryl methyl sites for hydroxylation is 1. The predicted molar refractivity (Wildman–Crippen MR) is 105 cm³/mol. The summed E-state index contributed by atoms with van der Waals surface area (Å²) in [6.45, 7) is 8.14. The lowest BCUT2D eigenvalue weighted by Gasteiger charge is -2.21. The molecule has 126 valence electrons. The van der Waals surface area contributed by atoms with Crippen LogP contribution >= 0.6 is 12.2 Å². The highest BCUT2D eigenvalue weighted by Gasteiger charge is 2.08. The van der Waals surface area contributed by atoms with E-state index in [0.29, 0.717) is 5.56 Å². The van der Waals surface area contributed by atoms with Crippen LogP contribution < -0.4 is 15.5 Å². The van der Waals surface area contributed by atoms with Crippen LogP contribution in [0, 0.1) is 6.92 Å². The van der Waals surface area contributed by atoms with Gasteiger partial charge < -0.3 is 10.2 Å². The lowest BCUT2D eigenvalue weighted by atomic mass is 10.1. The molecule has 0 aliphatic carbocycles. The zero-order chi connectivity index (χ0) is 17.5. The molecule has 0 spiro atoms. The van der Waals surface area contributed by atoms with Crippen LogP contribution in [0.4, 0.5) is 11.4 Å². The van der Waals surface area contributed by atoms with Crippen molar-refractivity contribution in [1.29, 1.82) is 0 Å². The maximum atomic E-state index is 12.2. The van der Waals surface area contributed by atoms with Crippen molar-refractivity contribution in [3.63, 3.8) is 0 Å². The molecule has 0 fully saturated rings. The fourth-order valence-electron chi connectivity index (χ4n) is 2.47. The van der Waals surface area contributed by atoms with E-state index in [0.717, 1.165) is 24.3 Å². The van der Waals surface area contributed by atoms with Crippen LogP contribution in [0.15, 0.2) is 48.5 Å². The summed E-state index contributed by atoms with van der Waals surface area (Å²) in [6, 6.07) is 15.4. The third-order valence-corrected chi connectivity index (χ3v) is 3.97. The molecule has 0 aromatic heterocycles. The van der Waals surface area contributed by atoms with Gasteiger partial charge in [-0.3, -0.25) is 10.1 Å².